The molecule has 0 aliphatic carbocycles. The number of hydrogen-bond donors (Lipinski definition) is 0. The molecule has 0 fully saturated rings. The lowest BCUT2D eigenvalue weighted by Gasteiger charge is -2.31. The Balaban J connectivity index is 1.79. The Hall–Kier alpha value is -2.09. The first kappa shape index (κ1) is 19.7. The van der Waals surface area contributed by atoms with Gasteiger partial charge in [-0.3, -0.25) is 4.79 Å². The van der Waals surface area contributed by atoms with Crippen molar-refractivity contribution in [3.8, 4) is 5.75 Å². The predicted octanol–water partition coefficient (Wildman–Crippen LogP) is 2.95. The number of carbonyl (C=O) groups is 1. The van der Waals surface area contributed by atoms with Gasteiger partial charge in [-0.15, -0.1) is 0 Å². The van der Waals surface area contributed by atoms with Gasteiger partial charge in [0.1, 0.15) is 5.75 Å². The van der Waals surface area contributed by atoms with Crippen LogP contribution in [0.5, 0.6) is 5.75 Å². The molecule has 0 saturated carbocycles. The van der Waals surface area contributed by atoms with Gasteiger partial charge in [-0.1, -0.05) is 11.6 Å². The van der Waals surface area contributed by atoms with Gasteiger partial charge in [0.05, 0.1) is 18.6 Å². The van der Waals surface area contributed by atoms with Crippen LogP contribution in [0.3, 0.4) is 0 Å². The molecule has 1 aliphatic rings. The van der Waals surface area contributed by atoms with Gasteiger partial charge >= 0.3 is 0 Å². The Morgan fingerprint density at radius 1 is 1.22 bits per heavy atom. The summed E-state index contributed by atoms with van der Waals surface area (Å²) in [4.78, 5) is 14.6. The molecule has 1 heterocycles. The summed E-state index contributed by atoms with van der Waals surface area (Å²) in [7, 11) is -0.766. The summed E-state index contributed by atoms with van der Waals surface area (Å²) < 4.78 is 31.7. The molecule has 0 atom stereocenters. The highest BCUT2D eigenvalue weighted by molar-refractivity contribution is 7.89. The van der Waals surface area contributed by atoms with E-state index in [2.05, 4.69) is 0 Å². The topological polar surface area (TPSA) is 66.9 Å². The Kier molecular flexibility index (Phi) is 5.74. The van der Waals surface area contributed by atoms with Crippen LogP contribution in [-0.2, 0) is 21.2 Å². The maximum absolute atomic E-state index is 12.8. The lowest BCUT2D eigenvalue weighted by Crippen LogP contribution is -2.43. The molecule has 3 rings (SSSR count). The summed E-state index contributed by atoms with van der Waals surface area (Å²) in [6.45, 7) is 0.323. The van der Waals surface area contributed by atoms with Crippen LogP contribution in [0.4, 0.5) is 5.69 Å². The lowest BCUT2D eigenvalue weighted by atomic mass is 10.0. The van der Waals surface area contributed by atoms with Crippen LogP contribution in [0.1, 0.15) is 12.0 Å². The van der Waals surface area contributed by atoms with E-state index < -0.39 is 10.0 Å². The molecule has 6 nitrogen and oxygen atoms in total. The number of halogens is 1. The second-order valence-corrected chi connectivity index (χ2v) is 8.84. The Bertz CT molecular complexity index is 945. The van der Waals surface area contributed by atoms with Crippen molar-refractivity contribution in [1.82, 2.24) is 4.31 Å². The molecular weight excluding hydrogens is 388 g/mol. The molecule has 1 aliphatic heterocycles. The number of hydrogen-bond acceptors (Lipinski definition) is 4. The van der Waals surface area contributed by atoms with Crippen LogP contribution >= 0.6 is 11.6 Å². The number of methoxy groups -OCH3 is 1. The number of amides is 1. The van der Waals surface area contributed by atoms with Crippen molar-refractivity contribution in [3.63, 3.8) is 0 Å². The fourth-order valence-corrected chi connectivity index (χ4v) is 4.35. The normalized spacial score (nSPS) is 14.1. The van der Waals surface area contributed by atoms with E-state index in [1.165, 1.54) is 31.3 Å². The van der Waals surface area contributed by atoms with Crippen LogP contribution in [0.2, 0.25) is 5.02 Å². The van der Waals surface area contributed by atoms with Crippen LogP contribution in [-0.4, -0.2) is 45.9 Å². The molecule has 0 radical (unpaired) electrons. The minimum atomic E-state index is -3.77. The summed E-state index contributed by atoms with van der Waals surface area (Å²) in [5, 5.41) is 0.452. The van der Waals surface area contributed by atoms with Crippen molar-refractivity contribution in [2.75, 3.05) is 32.1 Å². The first-order chi connectivity index (χ1) is 12.8. The van der Waals surface area contributed by atoms with Crippen molar-refractivity contribution in [1.29, 1.82) is 0 Å². The molecule has 144 valence electrons. The maximum Gasteiger partial charge on any atom is 0.243 e. The van der Waals surface area contributed by atoms with Gasteiger partial charge in [0.2, 0.25) is 15.9 Å². The average molecular weight is 409 g/mol. The smallest absolute Gasteiger partial charge is 0.243 e. The fraction of sp³-hybridized carbons (Fsp3) is 0.316. The maximum atomic E-state index is 12.8. The van der Waals surface area contributed by atoms with Gasteiger partial charge in [-0.25, -0.2) is 8.42 Å². The van der Waals surface area contributed by atoms with E-state index in [0.717, 1.165) is 34.1 Å². The van der Waals surface area contributed by atoms with E-state index in [4.69, 9.17) is 16.3 Å². The van der Waals surface area contributed by atoms with Gasteiger partial charge in [0.25, 0.3) is 0 Å². The van der Waals surface area contributed by atoms with Crippen molar-refractivity contribution in [2.24, 2.45) is 0 Å². The summed E-state index contributed by atoms with van der Waals surface area (Å²) in [6, 6.07) is 11.5. The van der Waals surface area contributed by atoms with Crippen LogP contribution < -0.4 is 9.64 Å². The number of likely N-dealkylation sites (N-methyl/N-ethyl adjacent to an activating group) is 1. The zero-order valence-electron chi connectivity index (χ0n) is 15.2. The van der Waals surface area contributed by atoms with E-state index in [1.54, 1.807) is 18.1 Å². The second kappa shape index (κ2) is 7.88. The number of fused-ring (bicyclic) bond motifs is 1. The largest absolute Gasteiger partial charge is 0.497 e. The minimum Gasteiger partial charge on any atom is -0.497 e. The number of ether oxygens (including phenoxy) is 1. The Labute approximate surface area is 164 Å². The third-order valence-corrected chi connectivity index (χ3v) is 6.66. The molecule has 0 aromatic heterocycles. The molecule has 1 amide bonds. The SMILES string of the molecule is COc1ccc2c(c1)CCCN2C(=O)CN(C)S(=O)(=O)c1ccc(Cl)cc1. The molecule has 2 aromatic carbocycles. The summed E-state index contributed by atoms with van der Waals surface area (Å²) in [5.74, 6) is 0.478. The number of aryl methyl sites for hydroxylation is 1. The predicted molar refractivity (Wildman–Crippen MR) is 105 cm³/mol. The first-order valence-electron chi connectivity index (χ1n) is 8.52. The minimum absolute atomic E-state index is 0.103. The zero-order chi connectivity index (χ0) is 19.6. The van der Waals surface area contributed by atoms with Gasteiger partial charge in [0.15, 0.2) is 0 Å². The van der Waals surface area contributed by atoms with Crippen molar-refractivity contribution in [2.45, 2.75) is 17.7 Å². The standard InChI is InChI=1S/C19H21ClN2O4S/c1-21(27(24,25)17-8-5-15(20)6-9-17)13-19(23)22-11-3-4-14-12-16(26-2)7-10-18(14)22/h5-10,12H,3-4,11,13H2,1-2H3. The fourth-order valence-electron chi connectivity index (χ4n) is 3.11. The summed E-state index contributed by atoms with van der Waals surface area (Å²) in [5.41, 5.74) is 1.83. The number of anilines is 1. The Morgan fingerprint density at radius 2 is 1.93 bits per heavy atom. The molecular formula is C19H21ClN2O4S. The Morgan fingerprint density at radius 3 is 2.59 bits per heavy atom. The number of rotatable bonds is 5. The van der Waals surface area contributed by atoms with E-state index in [9.17, 15) is 13.2 Å². The summed E-state index contributed by atoms with van der Waals surface area (Å²) in [6.07, 6.45) is 1.68. The number of nitrogens with zero attached hydrogens (tertiary/aromatic N) is 2. The summed E-state index contributed by atoms with van der Waals surface area (Å²) >= 11 is 5.82. The van der Waals surface area contributed by atoms with Gasteiger partial charge in [-0.05, 0) is 60.9 Å². The lowest BCUT2D eigenvalue weighted by molar-refractivity contribution is -0.118. The van der Waals surface area contributed by atoms with Crippen molar-refractivity contribution >= 4 is 33.2 Å². The third-order valence-electron chi connectivity index (χ3n) is 4.59. The third kappa shape index (κ3) is 4.10. The number of sulfonamides is 1. The highest BCUT2D eigenvalue weighted by Gasteiger charge is 2.28. The van der Waals surface area contributed by atoms with Crippen LogP contribution in [0, 0.1) is 0 Å². The number of benzene rings is 2. The molecule has 0 spiro atoms. The molecule has 0 saturated heterocycles. The highest BCUT2D eigenvalue weighted by Crippen LogP contribution is 2.30. The number of carbonyl (C=O) groups excluding carboxylic acids is 1. The molecule has 0 unspecified atom stereocenters. The van der Waals surface area contributed by atoms with Crippen LogP contribution in [0.15, 0.2) is 47.4 Å². The van der Waals surface area contributed by atoms with E-state index in [1.807, 2.05) is 12.1 Å². The van der Waals surface area contributed by atoms with Gasteiger partial charge in [0, 0.05) is 24.3 Å². The molecule has 2 aromatic rings. The molecule has 0 N–H and O–H groups in total. The molecule has 0 bridgehead atoms. The highest BCUT2D eigenvalue weighted by atomic mass is 35.5. The van der Waals surface area contributed by atoms with Gasteiger partial charge in [-0.2, -0.15) is 4.31 Å². The van der Waals surface area contributed by atoms with Gasteiger partial charge < -0.3 is 9.64 Å². The van der Waals surface area contributed by atoms with E-state index in [0.29, 0.717) is 11.6 Å². The van der Waals surface area contributed by atoms with E-state index >= 15 is 0 Å². The van der Waals surface area contributed by atoms with Crippen molar-refractivity contribution in [3.05, 3.63) is 53.1 Å². The van der Waals surface area contributed by atoms with Crippen LogP contribution in [0.25, 0.3) is 0 Å². The second-order valence-electron chi connectivity index (χ2n) is 6.36. The molecule has 27 heavy (non-hydrogen) atoms. The average Bonchev–Trinajstić information content (AvgIpc) is 2.67. The van der Waals surface area contributed by atoms with Crippen molar-refractivity contribution < 1.29 is 17.9 Å². The monoisotopic (exact) mass is 408 g/mol. The zero-order valence-corrected chi connectivity index (χ0v) is 16.8. The first-order valence-corrected chi connectivity index (χ1v) is 10.3. The molecule has 8 heteroatoms. The van der Waals surface area contributed by atoms with E-state index in [-0.39, 0.29) is 17.3 Å². The quantitative estimate of drug-likeness (QED) is 0.762.